The zero-order valence-corrected chi connectivity index (χ0v) is 9.74. The van der Waals surface area contributed by atoms with Gasteiger partial charge in [-0.3, -0.25) is 9.59 Å². The molecule has 0 aromatic heterocycles. The Morgan fingerprint density at radius 3 is 2.19 bits per heavy atom. The van der Waals surface area contributed by atoms with Crippen molar-refractivity contribution in [3.8, 4) is 0 Å². The van der Waals surface area contributed by atoms with Gasteiger partial charge in [-0.1, -0.05) is 0 Å². The molecular formula is C11H19N3O2. The minimum absolute atomic E-state index is 0.100. The van der Waals surface area contributed by atoms with Crippen LogP contribution in [0.1, 0.15) is 19.8 Å². The van der Waals surface area contributed by atoms with Crippen LogP contribution in [-0.2, 0) is 9.59 Å². The van der Waals surface area contributed by atoms with Gasteiger partial charge >= 0.3 is 0 Å². The number of carbonyl (C=O) groups excluding carboxylic acids is 2. The van der Waals surface area contributed by atoms with Gasteiger partial charge in [0.2, 0.25) is 11.8 Å². The summed E-state index contributed by atoms with van der Waals surface area (Å²) < 4.78 is 0. The van der Waals surface area contributed by atoms with Crippen LogP contribution in [0.25, 0.3) is 0 Å². The lowest BCUT2D eigenvalue weighted by Crippen LogP contribution is -2.52. The minimum atomic E-state index is 0.100. The molecule has 0 unspecified atom stereocenters. The van der Waals surface area contributed by atoms with Gasteiger partial charge in [-0.2, -0.15) is 0 Å². The molecule has 2 aliphatic rings. The fraction of sp³-hybridized carbons (Fsp3) is 0.818. The fourth-order valence-electron chi connectivity index (χ4n) is 1.90. The summed E-state index contributed by atoms with van der Waals surface area (Å²) in [5.41, 5.74) is 0. The highest BCUT2D eigenvalue weighted by atomic mass is 16.2. The van der Waals surface area contributed by atoms with E-state index < -0.39 is 0 Å². The van der Waals surface area contributed by atoms with E-state index in [1.54, 1.807) is 11.8 Å². The Bertz CT molecular complexity index is 281. The Balaban J connectivity index is 1.70. The molecule has 0 bridgehead atoms. The minimum Gasteiger partial charge on any atom is -0.339 e. The quantitative estimate of drug-likeness (QED) is 0.700. The molecule has 0 aromatic rings. The molecule has 1 aliphatic carbocycles. The first-order valence-electron chi connectivity index (χ1n) is 5.93. The molecule has 1 saturated heterocycles. The van der Waals surface area contributed by atoms with Crippen molar-refractivity contribution in [2.75, 3.05) is 32.7 Å². The zero-order valence-electron chi connectivity index (χ0n) is 9.74. The van der Waals surface area contributed by atoms with Gasteiger partial charge in [-0.25, -0.2) is 0 Å². The Labute approximate surface area is 95.8 Å². The number of piperazine rings is 1. The molecule has 2 fully saturated rings. The third kappa shape index (κ3) is 2.95. The van der Waals surface area contributed by atoms with E-state index in [1.165, 1.54) is 12.8 Å². The van der Waals surface area contributed by atoms with E-state index in [2.05, 4.69) is 5.32 Å². The third-order valence-corrected chi connectivity index (χ3v) is 3.20. The maximum Gasteiger partial charge on any atom is 0.236 e. The molecule has 5 heteroatoms. The van der Waals surface area contributed by atoms with Crippen molar-refractivity contribution in [1.29, 1.82) is 0 Å². The molecule has 1 aliphatic heterocycles. The second-order valence-electron chi connectivity index (χ2n) is 4.54. The summed E-state index contributed by atoms with van der Waals surface area (Å²) in [6, 6.07) is 0.572. The van der Waals surface area contributed by atoms with Gasteiger partial charge in [0.05, 0.1) is 6.54 Å². The summed E-state index contributed by atoms with van der Waals surface area (Å²) in [6.07, 6.45) is 2.40. The first-order chi connectivity index (χ1) is 7.66. The fourth-order valence-corrected chi connectivity index (χ4v) is 1.90. The number of hydrogen-bond acceptors (Lipinski definition) is 3. The SMILES string of the molecule is CC(=O)N1CCN(C(=O)CNC2CC2)CC1. The maximum absolute atomic E-state index is 11.8. The van der Waals surface area contributed by atoms with Gasteiger partial charge in [0.1, 0.15) is 0 Å². The Hall–Kier alpha value is -1.10. The van der Waals surface area contributed by atoms with Crippen molar-refractivity contribution in [2.45, 2.75) is 25.8 Å². The molecule has 0 radical (unpaired) electrons. The molecule has 2 amide bonds. The highest BCUT2D eigenvalue weighted by Crippen LogP contribution is 2.18. The standard InChI is InChI=1S/C11H19N3O2/c1-9(15)13-4-6-14(7-5-13)11(16)8-12-10-2-3-10/h10,12H,2-8H2,1H3. The van der Waals surface area contributed by atoms with E-state index >= 15 is 0 Å². The predicted molar refractivity (Wildman–Crippen MR) is 59.9 cm³/mol. The second kappa shape index (κ2) is 4.82. The topological polar surface area (TPSA) is 52.7 Å². The second-order valence-corrected chi connectivity index (χ2v) is 4.54. The summed E-state index contributed by atoms with van der Waals surface area (Å²) in [6.45, 7) is 4.71. The van der Waals surface area contributed by atoms with Gasteiger partial charge in [0, 0.05) is 39.1 Å². The van der Waals surface area contributed by atoms with E-state index in [9.17, 15) is 9.59 Å². The molecular weight excluding hydrogens is 206 g/mol. The van der Waals surface area contributed by atoms with E-state index in [0.29, 0.717) is 38.8 Å². The highest BCUT2D eigenvalue weighted by molar-refractivity contribution is 5.79. The Morgan fingerprint density at radius 1 is 1.12 bits per heavy atom. The largest absolute Gasteiger partial charge is 0.339 e. The highest BCUT2D eigenvalue weighted by Gasteiger charge is 2.25. The van der Waals surface area contributed by atoms with Crippen LogP contribution in [0.2, 0.25) is 0 Å². The summed E-state index contributed by atoms with van der Waals surface area (Å²) >= 11 is 0. The van der Waals surface area contributed by atoms with Crippen LogP contribution < -0.4 is 5.32 Å². The zero-order chi connectivity index (χ0) is 11.5. The van der Waals surface area contributed by atoms with Crippen LogP contribution in [0.5, 0.6) is 0 Å². The lowest BCUT2D eigenvalue weighted by Gasteiger charge is -2.34. The van der Waals surface area contributed by atoms with Crippen LogP contribution in [0.15, 0.2) is 0 Å². The van der Waals surface area contributed by atoms with Gasteiger partial charge in [-0.15, -0.1) is 0 Å². The van der Waals surface area contributed by atoms with E-state index in [-0.39, 0.29) is 11.8 Å². The lowest BCUT2D eigenvalue weighted by molar-refractivity contribution is -0.137. The van der Waals surface area contributed by atoms with E-state index in [0.717, 1.165) is 0 Å². The van der Waals surface area contributed by atoms with Crippen molar-refractivity contribution < 1.29 is 9.59 Å². The summed E-state index contributed by atoms with van der Waals surface area (Å²) in [5.74, 6) is 0.262. The van der Waals surface area contributed by atoms with Gasteiger partial charge < -0.3 is 15.1 Å². The van der Waals surface area contributed by atoms with E-state index in [1.807, 2.05) is 4.90 Å². The number of carbonyl (C=O) groups is 2. The molecule has 16 heavy (non-hydrogen) atoms. The smallest absolute Gasteiger partial charge is 0.236 e. The number of nitrogens with one attached hydrogen (secondary N) is 1. The molecule has 1 saturated carbocycles. The molecule has 0 aromatic carbocycles. The van der Waals surface area contributed by atoms with Crippen LogP contribution in [0.4, 0.5) is 0 Å². The molecule has 0 atom stereocenters. The Kier molecular flexibility index (Phi) is 3.43. The van der Waals surface area contributed by atoms with Crippen molar-refractivity contribution >= 4 is 11.8 Å². The monoisotopic (exact) mass is 225 g/mol. The van der Waals surface area contributed by atoms with Crippen LogP contribution in [-0.4, -0.2) is 60.4 Å². The van der Waals surface area contributed by atoms with Crippen molar-refractivity contribution in [2.24, 2.45) is 0 Å². The van der Waals surface area contributed by atoms with Crippen molar-refractivity contribution in [1.82, 2.24) is 15.1 Å². The molecule has 1 heterocycles. The maximum atomic E-state index is 11.8. The molecule has 2 rings (SSSR count). The first kappa shape index (κ1) is 11.4. The van der Waals surface area contributed by atoms with Gasteiger partial charge in [-0.05, 0) is 12.8 Å². The van der Waals surface area contributed by atoms with Crippen molar-refractivity contribution in [3.05, 3.63) is 0 Å². The van der Waals surface area contributed by atoms with E-state index in [4.69, 9.17) is 0 Å². The van der Waals surface area contributed by atoms with Crippen molar-refractivity contribution in [3.63, 3.8) is 0 Å². The van der Waals surface area contributed by atoms with Crippen LogP contribution in [0, 0.1) is 0 Å². The number of nitrogens with zero attached hydrogens (tertiary/aromatic N) is 2. The summed E-state index contributed by atoms with van der Waals surface area (Å²) in [4.78, 5) is 26.5. The van der Waals surface area contributed by atoms with Gasteiger partial charge in [0.15, 0.2) is 0 Å². The lowest BCUT2D eigenvalue weighted by atomic mass is 10.3. The average molecular weight is 225 g/mol. The predicted octanol–water partition coefficient (Wildman–Crippen LogP) is -0.571. The molecule has 1 N–H and O–H groups in total. The van der Waals surface area contributed by atoms with Crippen LogP contribution >= 0.6 is 0 Å². The van der Waals surface area contributed by atoms with Crippen LogP contribution in [0.3, 0.4) is 0 Å². The number of hydrogen-bond donors (Lipinski definition) is 1. The molecule has 5 nitrogen and oxygen atoms in total. The third-order valence-electron chi connectivity index (χ3n) is 3.20. The number of rotatable bonds is 3. The summed E-state index contributed by atoms with van der Waals surface area (Å²) in [5, 5.41) is 3.22. The van der Waals surface area contributed by atoms with Gasteiger partial charge in [0.25, 0.3) is 0 Å². The molecule has 0 spiro atoms. The molecule has 90 valence electrons. The first-order valence-corrected chi connectivity index (χ1v) is 5.93. The number of amides is 2. The summed E-state index contributed by atoms with van der Waals surface area (Å²) in [7, 11) is 0. The average Bonchev–Trinajstić information content (AvgIpc) is 3.10. The Morgan fingerprint density at radius 2 is 1.69 bits per heavy atom. The normalized spacial score (nSPS) is 21.1.